The van der Waals surface area contributed by atoms with E-state index in [1.165, 1.54) is 12.1 Å². The molecule has 3 N–H and O–H groups in total. The lowest BCUT2D eigenvalue weighted by Crippen LogP contribution is -2.29. The van der Waals surface area contributed by atoms with Crippen molar-refractivity contribution in [2.75, 3.05) is 0 Å². The second kappa shape index (κ2) is 5.89. The van der Waals surface area contributed by atoms with Crippen LogP contribution in [0.5, 0.6) is 0 Å². The molecule has 0 fully saturated rings. The van der Waals surface area contributed by atoms with Crippen LogP contribution in [0.4, 0.5) is 4.39 Å². The summed E-state index contributed by atoms with van der Waals surface area (Å²) in [5, 5.41) is 1.05. The normalized spacial score (nSPS) is 12.5. The van der Waals surface area contributed by atoms with Crippen molar-refractivity contribution >= 4 is 26.8 Å². The Labute approximate surface area is 130 Å². The van der Waals surface area contributed by atoms with Crippen LogP contribution in [0.2, 0.25) is 0 Å². The molecule has 0 saturated carbocycles. The lowest BCUT2D eigenvalue weighted by molar-refractivity contribution is 0.603. The minimum atomic E-state index is -0.318. The van der Waals surface area contributed by atoms with Crippen LogP contribution in [0.15, 0.2) is 59.2 Å². The van der Waals surface area contributed by atoms with Gasteiger partial charge in [-0.15, -0.1) is 0 Å². The van der Waals surface area contributed by atoms with Gasteiger partial charge in [0, 0.05) is 16.1 Å². The highest BCUT2D eigenvalue weighted by molar-refractivity contribution is 9.10. The Balaban J connectivity index is 2.11. The van der Waals surface area contributed by atoms with Crippen LogP contribution in [0.3, 0.4) is 0 Å². The molecule has 0 aliphatic rings. The van der Waals surface area contributed by atoms with Crippen molar-refractivity contribution in [3.8, 4) is 0 Å². The van der Waals surface area contributed by atoms with E-state index in [1.54, 1.807) is 12.3 Å². The second-order valence-corrected chi connectivity index (χ2v) is 5.58. The number of benzene rings is 2. The molecule has 3 nitrogen and oxygen atoms in total. The standard InChI is InChI=1S/C16H13BrFN3/c17-14-6-5-12(18)9-13(14)16(21-19)11-4-3-10-2-1-7-20-15(10)8-11/h1-9,16,21H,19H2. The molecule has 0 amide bonds. The van der Waals surface area contributed by atoms with Gasteiger partial charge in [0.05, 0.1) is 11.6 Å². The van der Waals surface area contributed by atoms with Gasteiger partial charge in [-0.2, -0.15) is 0 Å². The average molecular weight is 346 g/mol. The van der Waals surface area contributed by atoms with E-state index in [2.05, 4.69) is 26.3 Å². The summed E-state index contributed by atoms with van der Waals surface area (Å²) in [5.41, 5.74) is 5.29. The summed E-state index contributed by atoms with van der Waals surface area (Å²) in [5.74, 6) is 5.39. The van der Waals surface area contributed by atoms with Crippen LogP contribution < -0.4 is 11.3 Å². The largest absolute Gasteiger partial charge is 0.271 e. The van der Waals surface area contributed by atoms with Crippen LogP contribution in [-0.4, -0.2) is 4.98 Å². The zero-order chi connectivity index (χ0) is 14.8. The topological polar surface area (TPSA) is 50.9 Å². The van der Waals surface area contributed by atoms with Gasteiger partial charge < -0.3 is 0 Å². The molecule has 1 aromatic heterocycles. The van der Waals surface area contributed by atoms with E-state index in [0.29, 0.717) is 0 Å². The quantitative estimate of drug-likeness (QED) is 0.562. The van der Waals surface area contributed by atoms with E-state index in [1.807, 2.05) is 30.3 Å². The number of rotatable bonds is 3. The number of hydrogen-bond donors (Lipinski definition) is 2. The molecule has 3 aromatic rings. The van der Waals surface area contributed by atoms with E-state index in [-0.39, 0.29) is 11.9 Å². The van der Waals surface area contributed by atoms with Crippen molar-refractivity contribution in [2.45, 2.75) is 6.04 Å². The van der Waals surface area contributed by atoms with Crippen LogP contribution in [0.1, 0.15) is 17.2 Å². The molecule has 106 valence electrons. The third kappa shape index (κ3) is 2.81. The summed E-state index contributed by atoms with van der Waals surface area (Å²) in [7, 11) is 0. The van der Waals surface area contributed by atoms with E-state index in [0.717, 1.165) is 26.5 Å². The zero-order valence-corrected chi connectivity index (χ0v) is 12.6. The van der Waals surface area contributed by atoms with Gasteiger partial charge in [-0.1, -0.05) is 34.1 Å². The minimum Gasteiger partial charge on any atom is -0.271 e. The molecule has 0 spiro atoms. The minimum absolute atomic E-state index is 0.299. The Morgan fingerprint density at radius 2 is 2.00 bits per heavy atom. The van der Waals surface area contributed by atoms with Crippen molar-refractivity contribution in [2.24, 2.45) is 5.84 Å². The molecular formula is C16H13BrFN3. The molecule has 21 heavy (non-hydrogen) atoms. The molecule has 2 aromatic carbocycles. The Bertz CT molecular complexity index is 791. The first-order valence-corrected chi connectivity index (χ1v) is 7.24. The summed E-state index contributed by atoms with van der Waals surface area (Å²) < 4.78 is 14.3. The van der Waals surface area contributed by atoms with Gasteiger partial charge in [0.1, 0.15) is 5.82 Å². The van der Waals surface area contributed by atoms with Gasteiger partial charge in [-0.25, -0.2) is 9.82 Å². The van der Waals surface area contributed by atoms with Gasteiger partial charge >= 0.3 is 0 Å². The summed E-state index contributed by atoms with van der Waals surface area (Å²) in [4.78, 5) is 4.34. The Morgan fingerprint density at radius 1 is 1.14 bits per heavy atom. The SMILES string of the molecule is NNC(c1ccc2cccnc2c1)c1cc(F)ccc1Br. The molecule has 1 atom stereocenters. The highest BCUT2D eigenvalue weighted by Crippen LogP contribution is 2.30. The number of hydrogen-bond acceptors (Lipinski definition) is 3. The van der Waals surface area contributed by atoms with Crippen molar-refractivity contribution in [1.82, 2.24) is 10.4 Å². The summed E-state index contributed by atoms with van der Waals surface area (Å²) in [6.45, 7) is 0. The first kappa shape index (κ1) is 14.1. The van der Waals surface area contributed by atoms with Crippen LogP contribution in [0, 0.1) is 5.82 Å². The second-order valence-electron chi connectivity index (χ2n) is 4.72. The van der Waals surface area contributed by atoms with Crippen molar-refractivity contribution in [3.05, 3.63) is 76.1 Å². The third-order valence-electron chi connectivity index (χ3n) is 3.40. The average Bonchev–Trinajstić information content (AvgIpc) is 2.51. The Kier molecular flexibility index (Phi) is 3.96. The smallest absolute Gasteiger partial charge is 0.123 e. The fourth-order valence-corrected chi connectivity index (χ4v) is 2.84. The van der Waals surface area contributed by atoms with E-state index in [4.69, 9.17) is 5.84 Å². The maximum absolute atomic E-state index is 13.5. The van der Waals surface area contributed by atoms with Crippen LogP contribution in [-0.2, 0) is 0 Å². The number of hydrazine groups is 1. The summed E-state index contributed by atoms with van der Waals surface area (Å²) in [6.07, 6.45) is 1.75. The molecule has 1 unspecified atom stereocenters. The number of nitrogens with two attached hydrogens (primary N) is 1. The highest BCUT2D eigenvalue weighted by Gasteiger charge is 2.16. The Hall–Kier alpha value is -1.82. The van der Waals surface area contributed by atoms with Gasteiger partial charge in [-0.3, -0.25) is 10.8 Å². The van der Waals surface area contributed by atoms with Crippen molar-refractivity contribution in [1.29, 1.82) is 0 Å². The summed E-state index contributed by atoms with van der Waals surface area (Å²) >= 11 is 3.44. The molecule has 0 aliphatic heterocycles. The molecule has 0 saturated heterocycles. The molecule has 0 radical (unpaired) electrons. The first-order chi connectivity index (χ1) is 10.2. The lowest BCUT2D eigenvalue weighted by Gasteiger charge is -2.19. The van der Waals surface area contributed by atoms with Crippen LogP contribution >= 0.6 is 15.9 Å². The zero-order valence-electron chi connectivity index (χ0n) is 11.1. The van der Waals surface area contributed by atoms with Crippen LogP contribution in [0.25, 0.3) is 10.9 Å². The molecular weight excluding hydrogens is 333 g/mol. The predicted molar refractivity (Wildman–Crippen MR) is 85.0 cm³/mol. The number of pyridine rings is 1. The molecule has 3 rings (SSSR count). The molecule has 0 bridgehead atoms. The van der Waals surface area contributed by atoms with Crippen molar-refractivity contribution in [3.63, 3.8) is 0 Å². The predicted octanol–water partition coefficient (Wildman–Crippen LogP) is 3.69. The lowest BCUT2D eigenvalue weighted by atomic mass is 9.98. The van der Waals surface area contributed by atoms with E-state index < -0.39 is 0 Å². The number of fused-ring (bicyclic) bond motifs is 1. The monoisotopic (exact) mass is 345 g/mol. The fourth-order valence-electron chi connectivity index (χ4n) is 2.36. The third-order valence-corrected chi connectivity index (χ3v) is 4.12. The molecule has 1 heterocycles. The van der Waals surface area contributed by atoms with Gasteiger partial charge in [-0.05, 0) is 41.5 Å². The van der Waals surface area contributed by atoms with Gasteiger partial charge in [0.2, 0.25) is 0 Å². The van der Waals surface area contributed by atoms with Crippen molar-refractivity contribution < 1.29 is 4.39 Å². The molecule has 5 heteroatoms. The fraction of sp³-hybridized carbons (Fsp3) is 0.0625. The summed E-state index contributed by atoms with van der Waals surface area (Å²) in [6, 6.07) is 14.0. The maximum atomic E-state index is 13.5. The highest BCUT2D eigenvalue weighted by atomic mass is 79.9. The number of aromatic nitrogens is 1. The maximum Gasteiger partial charge on any atom is 0.123 e. The van der Waals surface area contributed by atoms with Gasteiger partial charge in [0.25, 0.3) is 0 Å². The van der Waals surface area contributed by atoms with Gasteiger partial charge in [0.15, 0.2) is 0 Å². The first-order valence-electron chi connectivity index (χ1n) is 6.45. The number of halogens is 2. The Morgan fingerprint density at radius 3 is 2.81 bits per heavy atom. The number of nitrogens with zero attached hydrogens (tertiary/aromatic N) is 1. The number of nitrogens with one attached hydrogen (secondary N) is 1. The van der Waals surface area contributed by atoms with E-state index >= 15 is 0 Å². The molecule has 0 aliphatic carbocycles. The van der Waals surface area contributed by atoms with E-state index in [9.17, 15) is 4.39 Å².